The van der Waals surface area contributed by atoms with Gasteiger partial charge in [0.15, 0.2) is 0 Å². The summed E-state index contributed by atoms with van der Waals surface area (Å²) in [5.74, 6) is 0.967. The van der Waals surface area contributed by atoms with Crippen LogP contribution in [0.1, 0.15) is 13.3 Å². The summed E-state index contributed by atoms with van der Waals surface area (Å²) < 4.78 is 6.06. The van der Waals surface area contributed by atoms with Gasteiger partial charge in [-0.15, -0.1) is 0 Å². The molecule has 94 valence electrons. The zero-order chi connectivity index (χ0) is 12.1. The van der Waals surface area contributed by atoms with E-state index in [2.05, 4.69) is 24.2 Å². The number of piperazine rings is 1. The van der Waals surface area contributed by atoms with Gasteiger partial charge in [-0.2, -0.15) is 0 Å². The van der Waals surface area contributed by atoms with Crippen LogP contribution < -0.4 is 10.1 Å². The van der Waals surface area contributed by atoms with Crippen molar-refractivity contribution in [1.82, 2.24) is 10.2 Å². The van der Waals surface area contributed by atoms with Crippen molar-refractivity contribution in [3.63, 3.8) is 0 Å². The maximum absolute atomic E-state index is 6.06. The fourth-order valence-corrected chi connectivity index (χ4v) is 2.31. The fourth-order valence-electron chi connectivity index (χ4n) is 2.31. The van der Waals surface area contributed by atoms with Gasteiger partial charge in [0.05, 0.1) is 6.04 Å². The first-order valence-electron chi connectivity index (χ1n) is 6.43. The van der Waals surface area contributed by atoms with Crippen LogP contribution in [0, 0.1) is 0 Å². The first kappa shape index (κ1) is 12.4. The minimum Gasteiger partial charge on any atom is -0.489 e. The Morgan fingerprint density at radius 2 is 2.18 bits per heavy atom. The van der Waals surface area contributed by atoms with Gasteiger partial charge in [-0.3, -0.25) is 0 Å². The fraction of sp³-hybridized carbons (Fsp3) is 0.571. The second-order valence-corrected chi connectivity index (χ2v) is 4.70. The Bertz CT molecular complexity index is 328. The van der Waals surface area contributed by atoms with Gasteiger partial charge in [-0.1, -0.05) is 25.1 Å². The molecule has 17 heavy (non-hydrogen) atoms. The summed E-state index contributed by atoms with van der Waals surface area (Å²) in [5, 5.41) is 3.55. The SMILES string of the molecule is CCC(Oc1ccccc1)C1CN(C)CCN1. The van der Waals surface area contributed by atoms with Gasteiger partial charge < -0.3 is 15.0 Å². The van der Waals surface area contributed by atoms with Gasteiger partial charge in [0.25, 0.3) is 0 Å². The Hall–Kier alpha value is -1.06. The average molecular weight is 234 g/mol. The zero-order valence-electron chi connectivity index (χ0n) is 10.7. The molecule has 1 aliphatic rings. The number of nitrogens with zero attached hydrogens (tertiary/aromatic N) is 1. The van der Waals surface area contributed by atoms with E-state index in [1.54, 1.807) is 0 Å². The minimum absolute atomic E-state index is 0.250. The highest BCUT2D eigenvalue weighted by atomic mass is 16.5. The van der Waals surface area contributed by atoms with E-state index in [0.717, 1.165) is 31.8 Å². The number of benzene rings is 1. The Labute approximate surface area is 104 Å². The van der Waals surface area contributed by atoms with Crippen molar-refractivity contribution in [1.29, 1.82) is 0 Å². The molecule has 3 nitrogen and oxygen atoms in total. The van der Waals surface area contributed by atoms with Crippen molar-refractivity contribution in [3.05, 3.63) is 30.3 Å². The van der Waals surface area contributed by atoms with Crippen molar-refractivity contribution < 1.29 is 4.74 Å². The van der Waals surface area contributed by atoms with Crippen molar-refractivity contribution in [2.24, 2.45) is 0 Å². The molecule has 0 amide bonds. The standard InChI is InChI=1S/C14H22N2O/c1-3-14(13-11-16(2)10-9-15-13)17-12-7-5-4-6-8-12/h4-8,13-15H,3,9-11H2,1-2H3. The molecule has 1 heterocycles. The highest BCUT2D eigenvalue weighted by Crippen LogP contribution is 2.16. The van der Waals surface area contributed by atoms with Crippen molar-refractivity contribution >= 4 is 0 Å². The molecule has 0 radical (unpaired) electrons. The van der Waals surface area contributed by atoms with Crippen molar-refractivity contribution in [2.75, 3.05) is 26.7 Å². The lowest BCUT2D eigenvalue weighted by molar-refractivity contribution is 0.105. The van der Waals surface area contributed by atoms with Gasteiger partial charge in [-0.25, -0.2) is 0 Å². The van der Waals surface area contributed by atoms with E-state index in [1.165, 1.54) is 0 Å². The molecule has 1 aromatic carbocycles. The summed E-state index contributed by atoms with van der Waals surface area (Å²) >= 11 is 0. The predicted molar refractivity (Wildman–Crippen MR) is 70.4 cm³/mol. The maximum atomic E-state index is 6.06. The molecule has 3 heteroatoms. The highest BCUT2D eigenvalue weighted by Gasteiger charge is 2.25. The molecular formula is C14H22N2O. The quantitative estimate of drug-likeness (QED) is 0.859. The minimum atomic E-state index is 0.250. The Morgan fingerprint density at radius 3 is 2.82 bits per heavy atom. The molecule has 1 saturated heterocycles. The molecule has 2 unspecified atom stereocenters. The van der Waals surface area contributed by atoms with E-state index in [4.69, 9.17) is 4.74 Å². The first-order valence-corrected chi connectivity index (χ1v) is 6.43. The van der Waals surface area contributed by atoms with Gasteiger partial charge in [0.2, 0.25) is 0 Å². The van der Waals surface area contributed by atoms with Crippen LogP contribution in [0.4, 0.5) is 0 Å². The molecule has 0 spiro atoms. The van der Waals surface area contributed by atoms with Crippen LogP contribution in [-0.4, -0.2) is 43.7 Å². The monoisotopic (exact) mass is 234 g/mol. The molecular weight excluding hydrogens is 212 g/mol. The molecule has 1 N–H and O–H groups in total. The largest absolute Gasteiger partial charge is 0.489 e. The number of rotatable bonds is 4. The lowest BCUT2D eigenvalue weighted by atomic mass is 10.1. The van der Waals surface area contributed by atoms with Gasteiger partial charge in [0.1, 0.15) is 11.9 Å². The number of hydrogen-bond donors (Lipinski definition) is 1. The van der Waals surface area contributed by atoms with Crippen LogP contribution in [0.5, 0.6) is 5.75 Å². The molecule has 1 aliphatic heterocycles. The summed E-state index contributed by atoms with van der Waals surface area (Å²) in [4.78, 5) is 2.36. The number of likely N-dealkylation sites (N-methyl/N-ethyl adjacent to an activating group) is 1. The summed E-state index contributed by atoms with van der Waals surface area (Å²) in [7, 11) is 2.17. The first-order chi connectivity index (χ1) is 8.29. The van der Waals surface area contributed by atoms with Crippen LogP contribution in [0.25, 0.3) is 0 Å². The van der Waals surface area contributed by atoms with E-state index < -0.39 is 0 Å². The molecule has 0 aromatic heterocycles. The number of ether oxygens (including phenoxy) is 1. The zero-order valence-corrected chi connectivity index (χ0v) is 10.7. The molecule has 1 aromatic rings. The molecule has 2 rings (SSSR count). The molecule has 1 fully saturated rings. The summed E-state index contributed by atoms with van der Waals surface area (Å²) in [6.07, 6.45) is 1.28. The lowest BCUT2D eigenvalue weighted by Gasteiger charge is -2.35. The second-order valence-electron chi connectivity index (χ2n) is 4.70. The second kappa shape index (κ2) is 6.03. The van der Waals surface area contributed by atoms with Gasteiger partial charge in [0, 0.05) is 19.6 Å². The lowest BCUT2D eigenvalue weighted by Crippen LogP contribution is -2.55. The third-order valence-corrected chi connectivity index (χ3v) is 3.29. The smallest absolute Gasteiger partial charge is 0.119 e. The number of hydrogen-bond acceptors (Lipinski definition) is 3. The Morgan fingerprint density at radius 1 is 1.41 bits per heavy atom. The molecule has 0 aliphatic carbocycles. The van der Waals surface area contributed by atoms with Crippen LogP contribution in [0.2, 0.25) is 0 Å². The summed E-state index contributed by atoms with van der Waals surface area (Å²) in [5.41, 5.74) is 0. The van der Waals surface area contributed by atoms with E-state index in [1.807, 2.05) is 30.3 Å². The van der Waals surface area contributed by atoms with E-state index in [9.17, 15) is 0 Å². The highest BCUT2D eigenvalue weighted by molar-refractivity contribution is 5.21. The van der Waals surface area contributed by atoms with Crippen LogP contribution >= 0.6 is 0 Å². The summed E-state index contributed by atoms with van der Waals surface area (Å²) in [6, 6.07) is 10.5. The molecule has 2 atom stereocenters. The van der Waals surface area contributed by atoms with Crippen LogP contribution in [-0.2, 0) is 0 Å². The van der Waals surface area contributed by atoms with Gasteiger partial charge in [-0.05, 0) is 25.6 Å². The van der Waals surface area contributed by atoms with Crippen LogP contribution in [0.15, 0.2) is 30.3 Å². The average Bonchev–Trinajstić information content (AvgIpc) is 2.37. The Balaban J connectivity index is 1.96. The maximum Gasteiger partial charge on any atom is 0.119 e. The van der Waals surface area contributed by atoms with Crippen molar-refractivity contribution in [3.8, 4) is 5.75 Å². The topological polar surface area (TPSA) is 24.5 Å². The van der Waals surface area contributed by atoms with Gasteiger partial charge >= 0.3 is 0 Å². The summed E-state index contributed by atoms with van der Waals surface area (Å²) in [6.45, 7) is 5.42. The third kappa shape index (κ3) is 3.45. The van der Waals surface area contributed by atoms with E-state index >= 15 is 0 Å². The van der Waals surface area contributed by atoms with Crippen molar-refractivity contribution in [2.45, 2.75) is 25.5 Å². The number of para-hydroxylation sites is 1. The van der Waals surface area contributed by atoms with E-state index in [0.29, 0.717) is 6.04 Å². The Kier molecular flexibility index (Phi) is 4.40. The normalized spacial score (nSPS) is 23.3. The van der Waals surface area contributed by atoms with E-state index in [-0.39, 0.29) is 6.10 Å². The third-order valence-electron chi connectivity index (χ3n) is 3.29. The predicted octanol–water partition coefficient (Wildman–Crippen LogP) is 1.75. The molecule has 0 saturated carbocycles. The van der Waals surface area contributed by atoms with Crippen LogP contribution in [0.3, 0.4) is 0 Å². The number of nitrogens with one attached hydrogen (secondary N) is 1. The molecule has 0 bridgehead atoms.